The molecular weight excluding hydrogens is 271 g/mol. The predicted octanol–water partition coefficient (Wildman–Crippen LogP) is 1.11. The lowest BCUT2D eigenvalue weighted by Gasteiger charge is -2.15. The van der Waals surface area contributed by atoms with Crippen molar-refractivity contribution >= 4 is 15.7 Å². The Morgan fingerprint density at radius 1 is 1.53 bits per heavy atom. The molecule has 3 N–H and O–H groups in total. The molecule has 2 atom stereocenters. The van der Waals surface area contributed by atoms with Crippen molar-refractivity contribution in [2.24, 2.45) is 5.92 Å². The Bertz CT molecular complexity index is 562. The zero-order valence-corrected chi connectivity index (χ0v) is 11.4. The Labute approximate surface area is 112 Å². The second-order valence-corrected chi connectivity index (χ2v) is 6.40. The number of benzene rings is 1. The molecule has 0 spiro atoms. The van der Waals surface area contributed by atoms with E-state index in [1.807, 2.05) is 6.92 Å². The molecule has 0 bridgehead atoms. The van der Waals surface area contributed by atoms with Crippen LogP contribution in [0.25, 0.3) is 0 Å². The summed E-state index contributed by atoms with van der Waals surface area (Å²) in [6.07, 6.45) is 0.803. The maximum absolute atomic E-state index is 13.5. The standard InChI is InChI=1S/C12H17FN2O3S/c1-8-9(4-5-18-8)7-15-19(16,17)12-6-10(14)2-3-11(12)13/h2-3,6,8-9,15H,4-5,7,14H2,1H3. The largest absolute Gasteiger partial charge is 0.399 e. The van der Waals surface area contributed by atoms with Gasteiger partial charge in [0.25, 0.3) is 0 Å². The summed E-state index contributed by atoms with van der Waals surface area (Å²) in [5.74, 6) is -0.698. The molecule has 0 amide bonds. The van der Waals surface area contributed by atoms with Gasteiger partial charge in [-0.25, -0.2) is 17.5 Å². The SMILES string of the molecule is CC1OCCC1CNS(=O)(=O)c1cc(N)ccc1F. The molecule has 2 unspecified atom stereocenters. The molecular formula is C12H17FN2O3S. The molecule has 0 aliphatic carbocycles. The third-order valence-electron chi connectivity index (χ3n) is 3.31. The maximum atomic E-state index is 13.5. The first-order valence-corrected chi connectivity index (χ1v) is 7.55. The number of halogens is 1. The van der Waals surface area contributed by atoms with Gasteiger partial charge in [-0.05, 0) is 31.5 Å². The van der Waals surface area contributed by atoms with Crippen LogP contribution in [0.2, 0.25) is 0 Å². The number of ether oxygens (including phenoxy) is 1. The number of sulfonamides is 1. The van der Waals surface area contributed by atoms with Crippen molar-refractivity contribution in [2.75, 3.05) is 18.9 Å². The van der Waals surface area contributed by atoms with Crippen molar-refractivity contribution in [1.82, 2.24) is 4.72 Å². The van der Waals surface area contributed by atoms with Crippen molar-refractivity contribution in [3.05, 3.63) is 24.0 Å². The Morgan fingerprint density at radius 2 is 2.26 bits per heavy atom. The van der Waals surface area contributed by atoms with Gasteiger partial charge in [0.15, 0.2) is 0 Å². The normalized spacial score (nSPS) is 23.7. The summed E-state index contributed by atoms with van der Waals surface area (Å²) in [6.45, 7) is 2.75. The van der Waals surface area contributed by atoms with E-state index in [1.54, 1.807) is 0 Å². The topological polar surface area (TPSA) is 81.4 Å². The van der Waals surface area contributed by atoms with Crippen molar-refractivity contribution in [3.63, 3.8) is 0 Å². The molecule has 5 nitrogen and oxygen atoms in total. The van der Waals surface area contributed by atoms with E-state index < -0.39 is 20.7 Å². The van der Waals surface area contributed by atoms with Gasteiger partial charge >= 0.3 is 0 Å². The Hall–Kier alpha value is -1.18. The molecule has 1 saturated heterocycles. The first-order chi connectivity index (χ1) is 8.90. The van der Waals surface area contributed by atoms with Gasteiger partial charge in [0.05, 0.1) is 6.10 Å². The van der Waals surface area contributed by atoms with Gasteiger partial charge in [-0.1, -0.05) is 0 Å². The van der Waals surface area contributed by atoms with Crippen molar-refractivity contribution in [3.8, 4) is 0 Å². The van der Waals surface area contributed by atoms with Crippen molar-refractivity contribution in [2.45, 2.75) is 24.3 Å². The van der Waals surface area contributed by atoms with Crippen LogP contribution in [0.5, 0.6) is 0 Å². The summed E-state index contributed by atoms with van der Waals surface area (Å²) in [4.78, 5) is -0.418. The average Bonchev–Trinajstić information content (AvgIpc) is 2.75. The predicted molar refractivity (Wildman–Crippen MR) is 69.5 cm³/mol. The minimum atomic E-state index is -3.88. The minimum absolute atomic E-state index is 0.00777. The second-order valence-electron chi connectivity index (χ2n) is 4.67. The summed E-state index contributed by atoms with van der Waals surface area (Å²) in [5.41, 5.74) is 5.69. The summed E-state index contributed by atoms with van der Waals surface area (Å²) in [7, 11) is -3.88. The van der Waals surface area contributed by atoms with Crippen LogP contribution in [0.3, 0.4) is 0 Å². The number of rotatable bonds is 4. The van der Waals surface area contributed by atoms with Crippen LogP contribution in [0, 0.1) is 11.7 Å². The van der Waals surface area contributed by atoms with E-state index in [0.717, 1.165) is 18.6 Å². The lowest BCUT2D eigenvalue weighted by atomic mass is 10.0. The molecule has 19 heavy (non-hydrogen) atoms. The first-order valence-electron chi connectivity index (χ1n) is 6.06. The van der Waals surface area contributed by atoms with E-state index in [9.17, 15) is 12.8 Å². The van der Waals surface area contributed by atoms with E-state index in [0.29, 0.717) is 6.61 Å². The van der Waals surface area contributed by atoms with Gasteiger partial charge in [-0.15, -0.1) is 0 Å². The highest BCUT2D eigenvalue weighted by molar-refractivity contribution is 7.89. The van der Waals surface area contributed by atoms with Gasteiger partial charge < -0.3 is 10.5 Å². The van der Waals surface area contributed by atoms with E-state index in [1.165, 1.54) is 6.07 Å². The van der Waals surface area contributed by atoms with Gasteiger partial charge in [0.2, 0.25) is 10.0 Å². The van der Waals surface area contributed by atoms with Crippen molar-refractivity contribution in [1.29, 1.82) is 0 Å². The third kappa shape index (κ3) is 3.23. The third-order valence-corrected chi connectivity index (χ3v) is 4.75. The Kier molecular flexibility index (Phi) is 4.07. The zero-order valence-electron chi connectivity index (χ0n) is 10.6. The first kappa shape index (κ1) is 14.2. The summed E-state index contributed by atoms with van der Waals surface area (Å²) < 4.78 is 45.3. The van der Waals surface area contributed by atoms with E-state index in [-0.39, 0.29) is 24.3 Å². The number of hydrogen-bond acceptors (Lipinski definition) is 4. The smallest absolute Gasteiger partial charge is 0.243 e. The molecule has 0 aromatic heterocycles. The zero-order chi connectivity index (χ0) is 14.0. The molecule has 0 radical (unpaired) electrons. The van der Waals surface area contributed by atoms with Gasteiger partial charge in [0, 0.05) is 24.8 Å². The highest BCUT2D eigenvalue weighted by Crippen LogP contribution is 2.21. The molecule has 0 saturated carbocycles. The number of nitrogen functional groups attached to an aromatic ring is 1. The summed E-state index contributed by atoms with van der Waals surface area (Å²) in [6, 6.07) is 3.48. The number of nitrogens with one attached hydrogen (secondary N) is 1. The van der Waals surface area contributed by atoms with Crippen molar-refractivity contribution < 1.29 is 17.5 Å². The molecule has 1 heterocycles. The van der Waals surface area contributed by atoms with Gasteiger partial charge in [-0.2, -0.15) is 0 Å². The van der Waals surface area contributed by atoms with Gasteiger partial charge in [-0.3, -0.25) is 0 Å². The number of nitrogens with two attached hydrogens (primary N) is 1. The van der Waals surface area contributed by atoms with Gasteiger partial charge in [0.1, 0.15) is 10.7 Å². The quantitative estimate of drug-likeness (QED) is 0.813. The van der Waals surface area contributed by atoms with Crippen LogP contribution in [-0.4, -0.2) is 27.7 Å². The summed E-state index contributed by atoms with van der Waals surface area (Å²) >= 11 is 0. The second kappa shape index (κ2) is 5.44. The van der Waals surface area contributed by atoms with Crippen LogP contribution in [-0.2, 0) is 14.8 Å². The Balaban J connectivity index is 2.12. The van der Waals surface area contributed by atoms with Crippen LogP contribution in [0.4, 0.5) is 10.1 Å². The lowest BCUT2D eigenvalue weighted by Crippen LogP contribution is -2.32. The Morgan fingerprint density at radius 3 is 2.89 bits per heavy atom. The van der Waals surface area contributed by atoms with Crippen LogP contribution >= 0.6 is 0 Å². The number of anilines is 1. The lowest BCUT2D eigenvalue weighted by molar-refractivity contribution is 0.107. The fraction of sp³-hybridized carbons (Fsp3) is 0.500. The maximum Gasteiger partial charge on any atom is 0.243 e. The fourth-order valence-corrected chi connectivity index (χ4v) is 3.27. The summed E-state index contributed by atoms with van der Waals surface area (Å²) in [5, 5.41) is 0. The van der Waals surface area contributed by atoms with E-state index in [2.05, 4.69) is 4.72 Å². The van der Waals surface area contributed by atoms with E-state index >= 15 is 0 Å². The average molecular weight is 288 g/mol. The highest BCUT2D eigenvalue weighted by atomic mass is 32.2. The number of hydrogen-bond donors (Lipinski definition) is 2. The molecule has 2 rings (SSSR count). The molecule has 1 aliphatic heterocycles. The van der Waals surface area contributed by atoms with E-state index in [4.69, 9.17) is 10.5 Å². The van der Waals surface area contributed by atoms with Crippen LogP contribution in [0.1, 0.15) is 13.3 Å². The molecule has 1 aliphatic rings. The van der Waals surface area contributed by atoms with Crippen LogP contribution < -0.4 is 10.5 Å². The molecule has 1 fully saturated rings. The van der Waals surface area contributed by atoms with Crippen LogP contribution in [0.15, 0.2) is 23.1 Å². The minimum Gasteiger partial charge on any atom is -0.399 e. The molecule has 106 valence electrons. The molecule has 7 heteroatoms. The molecule has 1 aromatic rings. The fourth-order valence-electron chi connectivity index (χ4n) is 2.06. The monoisotopic (exact) mass is 288 g/mol. The molecule has 1 aromatic carbocycles. The highest BCUT2D eigenvalue weighted by Gasteiger charge is 2.27.